The molecule has 0 spiro atoms. The molecule has 0 N–H and O–H groups in total. The Labute approximate surface area is 220 Å². The minimum Gasteiger partial charge on any atom is -0.466 e. The van der Waals surface area contributed by atoms with Gasteiger partial charge in [0.25, 0.3) is 0 Å². The van der Waals surface area contributed by atoms with E-state index in [9.17, 15) is 13.2 Å². The first-order chi connectivity index (χ1) is 17.6. The second-order valence-corrected chi connectivity index (χ2v) is 10.4. The van der Waals surface area contributed by atoms with Crippen LogP contribution in [0.5, 0.6) is 11.5 Å². The Kier molecular flexibility index (Phi) is 12.9. The van der Waals surface area contributed by atoms with Gasteiger partial charge in [-0.05, 0) is 41.5 Å². The third kappa shape index (κ3) is 12.9. The lowest BCUT2D eigenvalue weighted by Gasteiger charge is -2.29. The smallest absolute Gasteiger partial charge is 0.466 e. The summed E-state index contributed by atoms with van der Waals surface area (Å²) in [7, 11) is 0. The molecule has 1 atom stereocenters. The molecular weight excluding hydrogens is 477 g/mol. The van der Waals surface area contributed by atoms with Crippen LogP contribution in [-0.2, 0) is 11.3 Å². The number of rotatable bonds is 14. The van der Waals surface area contributed by atoms with Crippen LogP contribution in [0.2, 0.25) is 0 Å². The third-order valence-corrected chi connectivity index (χ3v) is 6.30. The van der Waals surface area contributed by atoms with Gasteiger partial charge in [-0.15, -0.1) is 13.2 Å². The molecule has 0 amide bonds. The number of hydrogen-bond donors (Lipinski definition) is 0. The van der Waals surface area contributed by atoms with Gasteiger partial charge >= 0.3 is 6.36 Å². The summed E-state index contributed by atoms with van der Waals surface area (Å²) in [5.74, 6) is 6.67. The Morgan fingerprint density at radius 2 is 1.59 bits per heavy atom. The second-order valence-electron chi connectivity index (χ2n) is 10.4. The maximum absolute atomic E-state index is 12.8. The van der Waals surface area contributed by atoms with Crippen molar-refractivity contribution in [3.8, 4) is 23.3 Å². The summed E-state index contributed by atoms with van der Waals surface area (Å²) >= 11 is 0. The minimum absolute atomic E-state index is 0.0499. The molecule has 1 unspecified atom stereocenters. The van der Waals surface area contributed by atoms with Gasteiger partial charge in [0.1, 0.15) is 11.5 Å². The molecule has 0 bridgehead atoms. The van der Waals surface area contributed by atoms with Gasteiger partial charge < -0.3 is 14.2 Å². The highest BCUT2D eigenvalue weighted by Gasteiger charge is 2.31. The third-order valence-electron chi connectivity index (χ3n) is 6.30. The Morgan fingerprint density at radius 1 is 0.892 bits per heavy atom. The highest BCUT2D eigenvalue weighted by Crippen LogP contribution is 2.33. The van der Waals surface area contributed by atoms with Crippen LogP contribution >= 0.6 is 0 Å². The van der Waals surface area contributed by atoms with Crippen molar-refractivity contribution < 1.29 is 27.4 Å². The fourth-order valence-corrected chi connectivity index (χ4v) is 4.05. The van der Waals surface area contributed by atoms with Crippen LogP contribution < -0.4 is 9.47 Å². The van der Waals surface area contributed by atoms with Crippen LogP contribution in [0.4, 0.5) is 13.2 Å². The fourth-order valence-electron chi connectivity index (χ4n) is 4.05. The number of unbranched alkanes of at least 4 members (excludes halogenated alkanes) is 5. The van der Waals surface area contributed by atoms with Gasteiger partial charge in [0, 0.05) is 6.42 Å². The molecule has 0 fully saturated rings. The fraction of sp³-hybridized carbons (Fsp3) is 0.548. The van der Waals surface area contributed by atoms with Gasteiger partial charge in [0.2, 0.25) is 0 Å². The van der Waals surface area contributed by atoms with Crippen molar-refractivity contribution in [1.29, 1.82) is 0 Å². The summed E-state index contributed by atoms with van der Waals surface area (Å²) in [4.78, 5) is 0. The van der Waals surface area contributed by atoms with Gasteiger partial charge in [0.05, 0.1) is 12.2 Å². The second kappa shape index (κ2) is 15.6. The molecule has 204 valence electrons. The predicted octanol–water partition coefficient (Wildman–Crippen LogP) is 9.29. The topological polar surface area (TPSA) is 27.7 Å². The van der Waals surface area contributed by atoms with E-state index in [1.807, 2.05) is 30.3 Å². The lowest BCUT2D eigenvalue weighted by Crippen LogP contribution is -2.20. The Morgan fingerprint density at radius 3 is 2.27 bits per heavy atom. The Bertz CT molecular complexity index is 969. The normalized spacial score (nSPS) is 12.5. The van der Waals surface area contributed by atoms with E-state index in [0.717, 1.165) is 18.4 Å². The van der Waals surface area contributed by atoms with E-state index in [4.69, 9.17) is 9.47 Å². The number of hydrogen-bond acceptors (Lipinski definition) is 3. The number of halogens is 3. The molecule has 0 saturated carbocycles. The molecule has 0 aliphatic rings. The van der Waals surface area contributed by atoms with E-state index in [-0.39, 0.29) is 18.0 Å². The average Bonchev–Trinajstić information content (AvgIpc) is 2.83. The van der Waals surface area contributed by atoms with Gasteiger partial charge in [-0.25, -0.2) is 0 Å². The van der Waals surface area contributed by atoms with Crippen molar-refractivity contribution in [3.63, 3.8) is 0 Å². The molecule has 0 aromatic heterocycles. The number of ether oxygens (including phenoxy) is 3. The summed E-state index contributed by atoms with van der Waals surface area (Å²) < 4.78 is 53.7. The minimum atomic E-state index is -4.78. The summed E-state index contributed by atoms with van der Waals surface area (Å²) in [5.41, 5.74) is 1.43. The maximum Gasteiger partial charge on any atom is 0.573 e. The van der Waals surface area contributed by atoms with Crippen LogP contribution in [0.1, 0.15) is 90.2 Å². The van der Waals surface area contributed by atoms with Gasteiger partial charge in [-0.3, -0.25) is 0 Å². The lowest BCUT2D eigenvalue weighted by atomic mass is 9.76. The molecule has 37 heavy (non-hydrogen) atoms. The largest absolute Gasteiger partial charge is 0.573 e. The van der Waals surface area contributed by atoms with Gasteiger partial charge in [-0.2, -0.15) is 0 Å². The molecule has 3 nitrogen and oxygen atoms in total. The van der Waals surface area contributed by atoms with E-state index >= 15 is 0 Å². The van der Waals surface area contributed by atoms with E-state index < -0.39 is 6.36 Å². The van der Waals surface area contributed by atoms with E-state index in [1.54, 1.807) is 0 Å². The highest BCUT2D eigenvalue weighted by atomic mass is 19.4. The van der Waals surface area contributed by atoms with Crippen molar-refractivity contribution >= 4 is 0 Å². The van der Waals surface area contributed by atoms with E-state index in [0.29, 0.717) is 30.3 Å². The average molecular weight is 519 g/mol. The Balaban J connectivity index is 2.06. The molecule has 0 radical (unpaired) electrons. The molecule has 0 heterocycles. The van der Waals surface area contributed by atoms with Crippen LogP contribution in [0.3, 0.4) is 0 Å². The SMILES string of the molecule is CCCCCCCCC(CC#Cc1cc(OC(F)(F)F)ccc1OCOCc1ccccc1)C(C)(C)C. The van der Waals surface area contributed by atoms with E-state index in [2.05, 4.69) is 44.3 Å². The molecule has 2 rings (SSSR count). The molecule has 0 saturated heterocycles. The van der Waals surface area contributed by atoms with Crippen LogP contribution in [0, 0.1) is 23.2 Å². The molecule has 2 aromatic rings. The maximum atomic E-state index is 12.8. The Hall–Kier alpha value is -2.65. The van der Waals surface area contributed by atoms with Crippen molar-refractivity contribution in [2.75, 3.05) is 6.79 Å². The van der Waals surface area contributed by atoms with Crippen molar-refractivity contribution in [3.05, 3.63) is 59.7 Å². The summed E-state index contributed by atoms with van der Waals surface area (Å²) in [6, 6.07) is 13.6. The molecule has 0 aliphatic carbocycles. The zero-order chi connectivity index (χ0) is 27.2. The van der Waals surface area contributed by atoms with Gasteiger partial charge in [-0.1, -0.05) is 108 Å². The van der Waals surface area contributed by atoms with Gasteiger partial charge in [0.15, 0.2) is 6.79 Å². The molecule has 0 aliphatic heterocycles. The lowest BCUT2D eigenvalue weighted by molar-refractivity contribution is -0.274. The van der Waals surface area contributed by atoms with E-state index in [1.165, 1.54) is 50.3 Å². The molecule has 2 aromatic carbocycles. The zero-order valence-electron chi connectivity index (χ0n) is 22.6. The van der Waals surface area contributed by atoms with Crippen LogP contribution in [0.15, 0.2) is 48.5 Å². The molecule has 6 heteroatoms. The monoisotopic (exact) mass is 518 g/mol. The first-order valence-electron chi connectivity index (χ1n) is 13.2. The quantitative estimate of drug-likeness (QED) is 0.142. The summed E-state index contributed by atoms with van der Waals surface area (Å²) in [6.45, 7) is 9.18. The first kappa shape index (κ1) is 30.6. The van der Waals surface area contributed by atoms with Crippen LogP contribution in [-0.4, -0.2) is 13.2 Å². The number of benzene rings is 2. The highest BCUT2D eigenvalue weighted by molar-refractivity contribution is 5.50. The number of alkyl halides is 3. The van der Waals surface area contributed by atoms with Crippen molar-refractivity contribution in [2.45, 2.75) is 92.0 Å². The zero-order valence-corrected chi connectivity index (χ0v) is 22.6. The summed E-state index contributed by atoms with van der Waals surface area (Å²) in [6.07, 6.45) is 4.41. The van der Waals surface area contributed by atoms with Crippen molar-refractivity contribution in [2.24, 2.45) is 11.3 Å². The van der Waals surface area contributed by atoms with Crippen molar-refractivity contribution in [1.82, 2.24) is 0 Å². The summed E-state index contributed by atoms with van der Waals surface area (Å²) in [5, 5.41) is 0. The standard InChI is InChI=1S/C31H41F3O3/c1-5-6-7-8-9-13-18-27(30(2,3)4)19-14-17-26-22-28(37-31(32,33)34)20-21-29(26)36-24-35-23-25-15-11-10-12-16-25/h10-12,15-16,20-22,27H,5-9,13,18-19,23-24H2,1-4H3. The first-order valence-corrected chi connectivity index (χ1v) is 13.2. The van der Waals surface area contributed by atoms with Crippen LogP contribution in [0.25, 0.3) is 0 Å². The predicted molar refractivity (Wildman–Crippen MR) is 142 cm³/mol. The molecular formula is C31H41F3O3.